The number of methoxy groups -OCH3 is 1. The monoisotopic (exact) mass is 412 g/mol. The van der Waals surface area contributed by atoms with E-state index in [1.807, 2.05) is 36.6 Å². The van der Waals surface area contributed by atoms with Crippen LogP contribution in [0.1, 0.15) is 39.3 Å². The Labute approximate surface area is 171 Å². The highest BCUT2D eigenvalue weighted by Crippen LogP contribution is 2.37. The van der Waals surface area contributed by atoms with Gasteiger partial charge in [-0.3, -0.25) is 4.98 Å². The Morgan fingerprint density at radius 2 is 1.90 bits per heavy atom. The van der Waals surface area contributed by atoms with Crippen LogP contribution in [0.4, 0.5) is 0 Å². The van der Waals surface area contributed by atoms with Gasteiger partial charge < -0.3 is 9.30 Å². The van der Waals surface area contributed by atoms with Gasteiger partial charge in [0.15, 0.2) is 0 Å². The van der Waals surface area contributed by atoms with E-state index in [1.54, 1.807) is 27.0 Å². The normalized spacial score (nSPS) is 11.9. The molecule has 0 amide bonds. The van der Waals surface area contributed by atoms with Crippen molar-refractivity contribution in [3.63, 3.8) is 0 Å². The van der Waals surface area contributed by atoms with Crippen LogP contribution in [0.2, 0.25) is 0 Å². The molecule has 0 bridgehead atoms. The van der Waals surface area contributed by atoms with Gasteiger partial charge >= 0.3 is 0 Å². The van der Waals surface area contributed by atoms with Crippen LogP contribution in [-0.4, -0.2) is 31.1 Å². The molecule has 0 atom stereocenters. The molecule has 2 heterocycles. The van der Waals surface area contributed by atoms with Gasteiger partial charge in [0.1, 0.15) is 16.7 Å². The topological polar surface area (TPSA) is 97.0 Å². The van der Waals surface area contributed by atoms with Gasteiger partial charge in [-0.15, -0.1) is 0 Å². The highest BCUT2D eigenvalue weighted by Gasteiger charge is 2.23. The number of hydrogen-bond donors (Lipinski definition) is 1. The average molecular weight is 413 g/mol. The summed E-state index contributed by atoms with van der Waals surface area (Å²) >= 11 is 0. The first-order valence-corrected chi connectivity index (χ1v) is 10.8. The molecule has 8 heteroatoms. The van der Waals surface area contributed by atoms with E-state index in [4.69, 9.17) is 4.74 Å². The van der Waals surface area contributed by atoms with Gasteiger partial charge in [-0.2, -0.15) is 5.26 Å². The molecule has 3 aromatic rings. The molecule has 29 heavy (non-hydrogen) atoms. The quantitative estimate of drug-likeness (QED) is 0.663. The molecule has 1 N–H and O–H groups in total. The van der Waals surface area contributed by atoms with E-state index >= 15 is 0 Å². The highest BCUT2D eigenvalue weighted by atomic mass is 32.2. The summed E-state index contributed by atoms with van der Waals surface area (Å²) in [5.41, 5.74) is 2.56. The number of rotatable bonds is 6. The SMILES string of the molecule is COc1ccc2c(C#N)c(-c3ccc(S(=O)(=O)NC(C)C)cn3)n(C(C)C)c2c1. The van der Waals surface area contributed by atoms with Crippen LogP contribution in [0.25, 0.3) is 22.3 Å². The second kappa shape index (κ2) is 7.85. The summed E-state index contributed by atoms with van der Waals surface area (Å²) in [5.74, 6) is 0.696. The van der Waals surface area contributed by atoms with Crippen molar-refractivity contribution in [1.82, 2.24) is 14.3 Å². The molecular formula is C21H24N4O3S. The fourth-order valence-corrected chi connectivity index (χ4v) is 4.57. The van der Waals surface area contributed by atoms with Crippen molar-refractivity contribution < 1.29 is 13.2 Å². The van der Waals surface area contributed by atoms with Crippen molar-refractivity contribution in [2.24, 2.45) is 0 Å². The van der Waals surface area contributed by atoms with E-state index in [-0.39, 0.29) is 17.0 Å². The van der Waals surface area contributed by atoms with Gasteiger partial charge in [0.05, 0.1) is 29.6 Å². The molecule has 0 spiro atoms. The first kappa shape index (κ1) is 20.8. The minimum Gasteiger partial charge on any atom is -0.497 e. The molecule has 0 radical (unpaired) electrons. The van der Waals surface area contributed by atoms with Gasteiger partial charge in [0, 0.05) is 29.7 Å². The maximum atomic E-state index is 12.4. The van der Waals surface area contributed by atoms with E-state index in [0.29, 0.717) is 22.7 Å². The first-order chi connectivity index (χ1) is 13.7. The number of pyridine rings is 1. The Kier molecular flexibility index (Phi) is 5.64. The second-order valence-corrected chi connectivity index (χ2v) is 9.05. The van der Waals surface area contributed by atoms with Crippen LogP contribution in [0.3, 0.4) is 0 Å². The van der Waals surface area contributed by atoms with Crippen LogP contribution in [0, 0.1) is 11.3 Å². The Balaban J connectivity index is 2.22. The van der Waals surface area contributed by atoms with Crippen molar-refractivity contribution >= 4 is 20.9 Å². The summed E-state index contributed by atoms with van der Waals surface area (Å²) in [6.07, 6.45) is 1.32. The maximum Gasteiger partial charge on any atom is 0.242 e. The minimum absolute atomic E-state index is 0.0505. The Morgan fingerprint density at radius 1 is 1.17 bits per heavy atom. The molecule has 152 valence electrons. The lowest BCUT2D eigenvalue weighted by atomic mass is 10.1. The number of nitrogens with zero attached hydrogens (tertiary/aromatic N) is 3. The fourth-order valence-electron chi connectivity index (χ4n) is 3.38. The van der Waals surface area contributed by atoms with Gasteiger partial charge in [-0.05, 0) is 52.0 Å². The molecule has 7 nitrogen and oxygen atoms in total. The Hall–Kier alpha value is -2.89. The molecule has 0 aliphatic rings. The molecular weight excluding hydrogens is 388 g/mol. The lowest BCUT2D eigenvalue weighted by molar-refractivity contribution is 0.415. The van der Waals surface area contributed by atoms with Crippen LogP contribution in [0.15, 0.2) is 41.4 Å². The molecule has 0 saturated carbocycles. The summed E-state index contributed by atoms with van der Waals surface area (Å²) < 4.78 is 34.7. The van der Waals surface area contributed by atoms with Crippen LogP contribution in [-0.2, 0) is 10.0 Å². The summed E-state index contributed by atoms with van der Waals surface area (Å²) in [6, 6.07) is 10.8. The number of nitriles is 1. The van der Waals surface area contributed by atoms with Crippen LogP contribution >= 0.6 is 0 Å². The Bertz CT molecular complexity index is 1190. The third kappa shape index (κ3) is 3.84. The van der Waals surface area contributed by atoms with Crippen molar-refractivity contribution in [2.75, 3.05) is 7.11 Å². The van der Waals surface area contributed by atoms with Crippen molar-refractivity contribution in [1.29, 1.82) is 5.26 Å². The number of nitrogens with one attached hydrogen (secondary N) is 1. The summed E-state index contributed by atoms with van der Waals surface area (Å²) in [6.45, 7) is 7.56. The van der Waals surface area contributed by atoms with Gasteiger partial charge in [0.2, 0.25) is 10.0 Å². The summed E-state index contributed by atoms with van der Waals surface area (Å²) in [4.78, 5) is 4.48. The number of ether oxygens (including phenoxy) is 1. The van der Waals surface area contributed by atoms with E-state index < -0.39 is 10.0 Å². The minimum atomic E-state index is -3.64. The second-order valence-electron chi connectivity index (χ2n) is 7.34. The maximum absolute atomic E-state index is 12.4. The van der Waals surface area contributed by atoms with Crippen molar-refractivity contribution in [3.05, 3.63) is 42.1 Å². The zero-order valence-electron chi connectivity index (χ0n) is 17.1. The van der Waals surface area contributed by atoms with E-state index in [2.05, 4.69) is 15.8 Å². The van der Waals surface area contributed by atoms with Gasteiger partial charge in [0.25, 0.3) is 0 Å². The van der Waals surface area contributed by atoms with Gasteiger partial charge in [-0.1, -0.05) is 0 Å². The van der Waals surface area contributed by atoms with E-state index in [0.717, 1.165) is 10.9 Å². The molecule has 3 rings (SSSR count). The number of sulfonamides is 1. The largest absolute Gasteiger partial charge is 0.497 e. The van der Waals surface area contributed by atoms with Crippen LogP contribution < -0.4 is 9.46 Å². The predicted octanol–water partition coefficient (Wildman–Crippen LogP) is 3.85. The summed E-state index contributed by atoms with van der Waals surface area (Å²) in [5, 5.41) is 10.7. The number of hydrogen-bond acceptors (Lipinski definition) is 5. The lowest BCUT2D eigenvalue weighted by Gasteiger charge is -2.15. The fraction of sp³-hybridized carbons (Fsp3) is 0.333. The van der Waals surface area contributed by atoms with Crippen LogP contribution in [0.5, 0.6) is 5.75 Å². The molecule has 1 aromatic carbocycles. The molecule has 0 aliphatic carbocycles. The standard InChI is InChI=1S/C21H24N4O3S/c1-13(2)24-29(26,27)16-7-9-19(23-12-16)21-18(11-22)17-8-6-15(28-5)10-20(17)25(21)14(3)4/h6-10,12-14,24H,1-5H3. The smallest absolute Gasteiger partial charge is 0.242 e. The summed E-state index contributed by atoms with van der Waals surface area (Å²) in [7, 11) is -2.04. The third-order valence-corrected chi connectivity index (χ3v) is 6.16. The van der Waals surface area contributed by atoms with E-state index in [1.165, 1.54) is 12.3 Å². The molecule has 0 saturated heterocycles. The molecule has 0 aliphatic heterocycles. The first-order valence-electron chi connectivity index (χ1n) is 9.30. The number of benzene rings is 1. The van der Waals surface area contributed by atoms with Gasteiger partial charge in [-0.25, -0.2) is 13.1 Å². The number of fused-ring (bicyclic) bond motifs is 1. The van der Waals surface area contributed by atoms with Crippen molar-refractivity contribution in [2.45, 2.75) is 44.7 Å². The zero-order valence-corrected chi connectivity index (χ0v) is 17.9. The zero-order chi connectivity index (χ0) is 21.3. The molecule has 2 aromatic heterocycles. The average Bonchev–Trinajstić information content (AvgIpc) is 3.00. The molecule has 0 unspecified atom stereocenters. The lowest BCUT2D eigenvalue weighted by Crippen LogP contribution is -2.30. The Morgan fingerprint density at radius 3 is 2.41 bits per heavy atom. The third-order valence-electron chi connectivity index (χ3n) is 4.52. The highest BCUT2D eigenvalue weighted by molar-refractivity contribution is 7.89. The predicted molar refractivity (Wildman–Crippen MR) is 112 cm³/mol. The van der Waals surface area contributed by atoms with E-state index in [9.17, 15) is 13.7 Å². The molecule has 0 fully saturated rings. The van der Waals surface area contributed by atoms with Crippen molar-refractivity contribution in [3.8, 4) is 23.2 Å². The number of aromatic nitrogens is 2.